The van der Waals surface area contributed by atoms with Crippen molar-refractivity contribution in [3.8, 4) is 0 Å². The summed E-state index contributed by atoms with van der Waals surface area (Å²) < 4.78 is 0.755. The van der Waals surface area contributed by atoms with Crippen LogP contribution < -0.4 is 11.1 Å². The molecule has 1 heterocycles. The van der Waals surface area contributed by atoms with Crippen LogP contribution in [0.1, 0.15) is 61.6 Å². The van der Waals surface area contributed by atoms with Gasteiger partial charge in [-0.1, -0.05) is 26.7 Å². The molecule has 0 aliphatic heterocycles. The lowest BCUT2D eigenvalue weighted by Crippen LogP contribution is -2.51. The van der Waals surface area contributed by atoms with Gasteiger partial charge in [-0.15, -0.1) is 0 Å². The first-order valence-electron chi connectivity index (χ1n) is 6.75. The zero-order valence-corrected chi connectivity index (χ0v) is 13.0. The van der Waals surface area contributed by atoms with Crippen molar-refractivity contribution in [3.63, 3.8) is 0 Å². The minimum atomic E-state index is -0.243. The van der Waals surface area contributed by atoms with E-state index in [0.717, 1.165) is 35.8 Å². The van der Waals surface area contributed by atoms with Crippen molar-refractivity contribution in [2.75, 3.05) is 6.54 Å². The molecular formula is C13H21BrN4O. The Morgan fingerprint density at radius 1 is 1.53 bits per heavy atom. The number of aromatic amines is 1. The Morgan fingerprint density at radius 2 is 2.16 bits per heavy atom. The first kappa shape index (κ1) is 14.5. The third kappa shape index (κ3) is 2.84. The van der Waals surface area contributed by atoms with E-state index in [2.05, 4.69) is 45.3 Å². The van der Waals surface area contributed by atoms with Crippen LogP contribution >= 0.6 is 15.9 Å². The molecule has 0 atom stereocenters. The zero-order valence-electron chi connectivity index (χ0n) is 11.4. The highest BCUT2D eigenvalue weighted by atomic mass is 79.9. The molecule has 0 radical (unpaired) electrons. The van der Waals surface area contributed by atoms with E-state index in [9.17, 15) is 4.79 Å². The van der Waals surface area contributed by atoms with Crippen LogP contribution in [0.3, 0.4) is 0 Å². The number of hydrogen-bond acceptors (Lipinski definition) is 3. The van der Waals surface area contributed by atoms with E-state index in [1.165, 1.54) is 0 Å². The van der Waals surface area contributed by atoms with E-state index < -0.39 is 0 Å². The molecule has 0 spiro atoms. The van der Waals surface area contributed by atoms with Crippen LogP contribution in [0.15, 0.2) is 4.47 Å². The van der Waals surface area contributed by atoms with Gasteiger partial charge in [-0.3, -0.25) is 9.89 Å². The average molecular weight is 329 g/mol. The smallest absolute Gasteiger partial charge is 0.273 e. The Kier molecular flexibility index (Phi) is 4.30. The highest BCUT2D eigenvalue weighted by Gasteiger charge is 2.35. The summed E-state index contributed by atoms with van der Waals surface area (Å²) in [5.41, 5.74) is 6.95. The summed E-state index contributed by atoms with van der Waals surface area (Å²) in [5.74, 6) is 0.140. The van der Waals surface area contributed by atoms with Crippen LogP contribution in [0.5, 0.6) is 0 Å². The van der Waals surface area contributed by atoms with Crippen LogP contribution in [-0.4, -0.2) is 28.2 Å². The summed E-state index contributed by atoms with van der Waals surface area (Å²) in [5, 5.41) is 10.1. The molecule has 1 saturated carbocycles. The molecule has 2 rings (SSSR count). The predicted molar refractivity (Wildman–Crippen MR) is 78.1 cm³/mol. The van der Waals surface area contributed by atoms with E-state index in [-0.39, 0.29) is 11.4 Å². The Bertz CT molecular complexity index is 463. The van der Waals surface area contributed by atoms with Crippen molar-refractivity contribution >= 4 is 21.8 Å². The fourth-order valence-corrected chi connectivity index (χ4v) is 3.42. The quantitative estimate of drug-likeness (QED) is 0.792. The fourth-order valence-electron chi connectivity index (χ4n) is 2.61. The van der Waals surface area contributed by atoms with Gasteiger partial charge in [0.05, 0.1) is 15.7 Å². The lowest BCUT2D eigenvalue weighted by atomic mass is 9.97. The normalized spacial score (nSPS) is 17.9. The molecule has 1 amide bonds. The van der Waals surface area contributed by atoms with Gasteiger partial charge in [0.2, 0.25) is 0 Å². The van der Waals surface area contributed by atoms with Crippen molar-refractivity contribution in [2.45, 2.75) is 51.0 Å². The second-order valence-electron chi connectivity index (χ2n) is 5.60. The molecule has 6 heteroatoms. The maximum Gasteiger partial charge on any atom is 0.273 e. The SMILES string of the molecule is CC(C)c1[nH]nc(C(=O)NC2(CN)CCCC2)c1Br. The maximum absolute atomic E-state index is 12.3. The van der Waals surface area contributed by atoms with E-state index in [1.54, 1.807) is 0 Å². The van der Waals surface area contributed by atoms with E-state index in [4.69, 9.17) is 5.73 Å². The molecule has 1 aliphatic rings. The lowest BCUT2D eigenvalue weighted by Gasteiger charge is -2.28. The Labute approximate surface area is 121 Å². The number of carbonyl (C=O) groups is 1. The number of nitrogens with zero attached hydrogens (tertiary/aromatic N) is 1. The van der Waals surface area contributed by atoms with Crippen molar-refractivity contribution in [2.24, 2.45) is 5.73 Å². The Balaban J connectivity index is 2.16. The van der Waals surface area contributed by atoms with Gasteiger partial charge in [-0.25, -0.2) is 0 Å². The largest absolute Gasteiger partial charge is 0.344 e. The molecule has 1 aliphatic carbocycles. The fraction of sp³-hybridized carbons (Fsp3) is 0.692. The van der Waals surface area contributed by atoms with Crippen molar-refractivity contribution < 1.29 is 4.79 Å². The third-order valence-electron chi connectivity index (χ3n) is 3.86. The number of hydrogen-bond donors (Lipinski definition) is 3. The van der Waals surface area contributed by atoms with Gasteiger partial charge < -0.3 is 11.1 Å². The van der Waals surface area contributed by atoms with Crippen molar-refractivity contribution in [3.05, 3.63) is 15.9 Å². The Hall–Kier alpha value is -0.880. The van der Waals surface area contributed by atoms with Gasteiger partial charge >= 0.3 is 0 Å². The molecule has 4 N–H and O–H groups in total. The highest BCUT2D eigenvalue weighted by molar-refractivity contribution is 9.10. The van der Waals surface area contributed by atoms with Gasteiger partial charge in [0.1, 0.15) is 0 Å². The molecule has 0 aromatic carbocycles. The van der Waals surface area contributed by atoms with E-state index in [0.29, 0.717) is 18.2 Å². The van der Waals surface area contributed by atoms with Crippen LogP contribution in [0.4, 0.5) is 0 Å². The molecule has 1 aromatic rings. The number of amides is 1. The van der Waals surface area contributed by atoms with Gasteiger partial charge in [0.15, 0.2) is 5.69 Å². The van der Waals surface area contributed by atoms with Crippen LogP contribution in [-0.2, 0) is 0 Å². The minimum Gasteiger partial charge on any atom is -0.344 e. The summed E-state index contributed by atoms with van der Waals surface area (Å²) in [4.78, 5) is 12.3. The van der Waals surface area contributed by atoms with Crippen molar-refractivity contribution in [1.29, 1.82) is 0 Å². The predicted octanol–water partition coefficient (Wildman–Crippen LogP) is 2.30. The molecule has 106 valence electrons. The number of nitrogens with one attached hydrogen (secondary N) is 2. The highest BCUT2D eigenvalue weighted by Crippen LogP contribution is 2.30. The molecule has 19 heavy (non-hydrogen) atoms. The molecule has 5 nitrogen and oxygen atoms in total. The number of H-pyrrole nitrogens is 1. The van der Waals surface area contributed by atoms with Crippen molar-refractivity contribution in [1.82, 2.24) is 15.5 Å². The summed E-state index contributed by atoms with van der Waals surface area (Å²) in [6.45, 7) is 4.59. The average Bonchev–Trinajstić information content (AvgIpc) is 2.96. The number of carbonyl (C=O) groups excluding carboxylic acids is 1. The summed E-state index contributed by atoms with van der Waals surface area (Å²) in [6, 6.07) is 0. The summed E-state index contributed by atoms with van der Waals surface area (Å²) >= 11 is 3.46. The number of aromatic nitrogens is 2. The lowest BCUT2D eigenvalue weighted by molar-refractivity contribution is 0.0897. The number of nitrogens with two attached hydrogens (primary N) is 1. The Morgan fingerprint density at radius 3 is 2.63 bits per heavy atom. The van der Waals surface area contributed by atoms with Gasteiger partial charge in [-0.05, 0) is 34.7 Å². The number of rotatable bonds is 4. The third-order valence-corrected chi connectivity index (χ3v) is 4.66. The molecule has 1 aromatic heterocycles. The summed E-state index contributed by atoms with van der Waals surface area (Å²) in [7, 11) is 0. The monoisotopic (exact) mass is 328 g/mol. The molecule has 0 bridgehead atoms. The zero-order chi connectivity index (χ0) is 14.0. The maximum atomic E-state index is 12.3. The van der Waals surface area contributed by atoms with Crippen LogP contribution in [0, 0.1) is 0 Å². The van der Waals surface area contributed by atoms with E-state index >= 15 is 0 Å². The minimum absolute atomic E-state index is 0.151. The molecule has 0 saturated heterocycles. The number of halogens is 1. The first-order chi connectivity index (χ1) is 8.99. The summed E-state index contributed by atoms with van der Waals surface area (Å²) in [6.07, 6.45) is 4.15. The molecule has 1 fully saturated rings. The standard InChI is InChI=1S/C13H21BrN4O/c1-8(2)10-9(14)11(18-17-10)12(19)16-13(7-15)5-3-4-6-13/h8H,3-7,15H2,1-2H3,(H,16,19)(H,17,18). The second kappa shape index (κ2) is 5.63. The van der Waals surface area contributed by atoms with Gasteiger partial charge in [0, 0.05) is 6.54 Å². The van der Waals surface area contributed by atoms with Crippen LogP contribution in [0.2, 0.25) is 0 Å². The molecular weight excluding hydrogens is 308 g/mol. The molecule has 0 unspecified atom stereocenters. The van der Waals surface area contributed by atoms with Gasteiger partial charge in [0.25, 0.3) is 5.91 Å². The van der Waals surface area contributed by atoms with Crippen LogP contribution in [0.25, 0.3) is 0 Å². The first-order valence-corrected chi connectivity index (χ1v) is 7.55. The topological polar surface area (TPSA) is 83.8 Å². The van der Waals surface area contributed by atoms with Gasteiger partial charge in [-0.2, -0.15) is 5.10 Å². The van der Waals surface area contributed by atoms with E-state index in [1.807, 2.05) is 0 Å². The second-order valence-corrected chi connectivity index (χ2v) is 6.39.